The number of anilines is 3. The zero-order valence-corrected chi connectivity index (χ0v) is 15.5. The number of rotatable bonds is 5. The molecule has 1 amide bonds. The van der Waals surface area contributed by atoms with Crippen LogP contribution in [-0.2, 0) is 11.2 Å². The fourth-order valence-corrected chi connectivity index (χ4v) is 3.59. The van der Waals surface area contributed by atoms with Crippen molar-refractivity contribution in [1.82, 2.24) is 4.98 Å². The summed E-state index contributed by atoms with van der Waals surface area (Å²) < 4.78 is 0. The molecule has 0 bridgehead atoms. The van der Waals surface area contributed by atoms with E-state index in [-0.39, 0.29) is 5.91 Å². The van der Waals surface area contributed by atoms with E-state index in [2.05, 4.69) is 21.7 Å². The van der Waals surface area contributed by atoms with Crippen molar-refractivity contribution in [1.29, 1.82) is 0 Å². The Morgan fingerprint density at radius 2 is 2.08 bits per heavy atom. The molecule has 0 atom stereocenters. The normalized spacial score (nSPS) is 10.5. The van der Waals surface area contributed by atoms with Crippen molar-refractivity contribution in [2.45, 2.75) is 20.3 Å². The van der Waals surface area contributed by atoms with Crippen LogP contribution in [0.25, 0.3) is 0 Å². The lowest BCUT2D eigenvalue weighted by Crippen LogP contribution is -2.13. The van der Waals surface area contributed by atoms with Gasteiger partial charge in [-0.05, 0) is 54.6 Å². The first-order valence-electron chi connectivity index (χ1n) is 7.83. The number of aromatic nitrogens is 1. The van der Waals surface area contributed by atoms with Gasteiger partial charge in [0.05, 0.1) is 29.0 Å². The topological polar surface area (TPSA) is 54.0 Å². The van der Waals surface area contributed by atoms with Crippen molar-refractivity contribution in [3.8, 4) is 0 Å². The fraction of sp³-hybridized carbons (Fsp3) is 0.158. The van der Waals surface area contributed by atoms with Gasteiger partial charge in [0.25, 0.3) is 0 Å². The average molecular weight is 372 g/mol. The van der Waals surface area contributed by atoms with Crippen LogP contribution in [0.1, 0.15) is 16.0 Å². The molecule has 2 heterocycles. The Morgan fingerprint density at radius 3 is 2.72 bits per heavy atom. The summed E-state index contributed by atoms with van der Waals surface area (Å²) in [6.45, 7) is 4.01. The number of nitrogens with one attached hydrogen (secondary N) is 2. The van der Waals surface area contributed by atoms with Crippen molar-refractivity contribution in [2.24, 2.45) is 0 Å². The largest absolute Gasteiger partial charge is 0.339 e. The Balaban J connectivity index is 1.65. The Hall–Kier alpha value is -2.37. The second kappa shape index (κ2) is 7.68. The molecule has 0 saturated heterocycles. The van der Waals surface area contributed by atoms with Gasteiger partial charge in [-0.15, -0.1) is 11.3 Å². The van der Waals surface area contributed by atoms with Gasteiger partial charge in [-0.3, -0.25) is 4.79 Å². The summed E-state index contributed by atoms with van der Waals surface area (Å²) in [5.41, 5.74) is 3.68. The number of hydrogen-bond acceptors (Lipinski definition) is 4. The molecule has 3 aromatic rings. The first kappa shape index (κ1) is 17.5. The molecule has 128 valence electrons. The number of halogens is 1. The smallest absolute Gasteiger partial charge is 0.229 e. The van der Waals surface area contributed by atoms with Crippen LogP contribution in [0.15, 0.2) is 48.0 Å². The van der Waals surface area contributed by atoms with Crippen LogP contribution in [0.5, 0.6) is 0 Å². The number of hydrogen-bond donors (Lipinski definition) is 2. The molecule has 4 nitrogen and oxygen atoms in total. The lowest BCUT2D eigenvalue weighted by Gasteiger charge is -2.12. The minimum Gasteiger partial charge on any atom is -0.339 e. The second-order valence-corrected chi connectivity index (χ2v) is 7.24. The molecule has 0 aliphatic heterocycles. The monoisotopic (exact) mass is 371 g/mol. The van der Waals surface area contributed by atoms with Crippen LogP contribution in [0.2, 0.25) is 5.02 Å². The molecule has 0 radical (unpaired) electrons. The number of nitrogens with zero attached hydrogens (tertiary/aromatic N) is 1. The number of aryl methyl sites for hydroxylation is 2. The van der Waals surface area contributed by atoms with E-state index < -0.39 is 0 Å². The summed E-state index contributed by atoms with van der Waals surface area (Å²) >= 11 is 7.88. The highest BCUT2D eigenvalue weighted by Gasteiger charge is 2.08. The van der Waals surface area contributed by atoms with Gasteiger partial charge < -0.3 is 10.6 Å². The number of carbonyl (C=O) groups is 1. The van der Waals surface area contributed by atoms with E-state index in [9.17, 15) is 4.79 Å². The molecule has 2 aromatic heterocycles. The SMILES string of the molecule is Cc1cc(C)c(Nc2ccc(NC(=O)Cc3cccs3)cn2)c(Cl)c1. The maximum absolute atomic E-state index is 12.0. The van der Waals surface area contributed by atoms with E-state index in [1.807, 2.05) is 49.6 Å². The zero-order valence-electron chi connectivity index (χ0n) is 14.0. The van der Waals surface area contributed by atoms with Gasteiger partial charge in [0.1, 0.15) is 5.82 Å². The lowest BCUT2D eigenvalue weighted by atomic mass is 10.1. The molecule has 3 rings (SSSR count). The summed E-state index contributed by atoms with van der Waals surface area (Å²) in [6, 6.07) is 11.5. The van der Waals surface area contributed by atoms with E-state index in [1.54, 1.807) is 17.5 Å². The number of thiophene rings is 1. The second-order valence-electron chi connectivity index (χ2n) is 5.80. The third-order valence-corrected chi connectivity index (χ3v) is 4.82. The lowest BCUT2D eigenvalue weighted by molar-refractivity contribution is -0.115. The molecule has 1 aromatic carbocycles. The summed E-state index contributed by atoms with van der Waals surface area (Å²) in [5, 5.41) is 8.70. The minimum absolute atomic E-state index is 0.0533. The van der Waals surface area contributed by atoms with Crippen molar-refractivity contribution in [3.05, 3.63) is 69.0 Å². The van der Waals surface area contributed by atoms with Crippen molar-refractivity contribution >= 4 is 46.0 Å². The minimum atomic E-state index is -0.0533. The summed E-state index contributed by atoms with van der Waals surface area (Å²) in [7, 11) is 0. The highest BCUT2D eigenvalue weighted by Crippen LogP contribution is 2.29. The molecule has 6 heteroatoms. The molecule has 0 fully saturated rings. The molecule has 0 unspecified atom stereocenters. The first-order chi connectivity index (χ1) is 12.0. The fourth-order valence-electron chi connectivity index (χ4n) is 2.52. The standard InChI is InChI=1S/C19H18ClN3OS/c1-12-8-13(2)19(16(20)9-12)23-17-6-5-14(11-21-17)22-18(24)10-15-4-3-7-25-15/h3-9,11H,10H2,1-2H3,(H,21,23)(H,22,24). The molecule has 0 saturated carbocycles. The van der Waals surface area contributed by atoms with E-state index in [0.29, 0.717) is 22.9 Å². The molecule has 0 aliphatic rings. The summed E-state index contributed by atoms with van der Waals surface area (Å²) in [6.07, 6.45) is 2.00. The Labute approximate surface area is 155 Å². The molecule has 0 spiro atoms. The Morgan fingerprint density at radius 1 is 1.24 bits per heavy atom. The summed E-state index contributed by atoms with van der Waals surface area (Å²) in [4.78, 5) is 17.4. The van der Waals surface area contributed by atoms with Gasteiger partial charge in [0.2, 0.25) is 5.91 Å². The van der Waals surface area contributed by atoms with Crippen LogP contribution in [0.3, 0.4) is 0 Å². The highest BCUT2D eigenvalue weighted by atomic mass is 35.5. The van der Waals surface area contributed by atoms with Gasteiger partial charge >= 0.3 is 0 Å². The Bertz CT molecular complexity index is 853. The third-order valence-electron chi connectivity index (χ3n) is 3.65. The number of carbonyl (C=O) groups excluding carboxylic acids is 1. The summed E-state index contributed by atoms with van der Waals surface area (Å²) in [5.74, 6) is 0.618. The number of pyridine rings is 1. The van der Waals surface area contributed by atoms with Crippen LogP contribution in [-0.4, -0.2) is 10.9 Å². The van der Waals surface area contributed by atoms with Crippen LogP contribution in [0.4, 0.5) is 17.2 Å². The highest BCUT2D eigenvalue weighted by molar-refractivity contribution is 7.10. The van der Waals surface area contributed by atoms with Crippen molar-refractivity contribution in [3.63, 3.8) is 0 Å². The van der Waals surface area contributed by atoms with E-state index in [1.165, 1.54) is 0 Å². The maximum atomic E-state index is 12.0. The predicted octanol–water partition coefficient (Wildman–Crippen LogP) is 5.34. The zero-order chi connectivity index (χ0) is 17.8. The van der Waals surface area contributed by atoms with Gasteiger partial charge in [0.15, 0.2) is 0 Å². The number of amides is 1. The van der Waals surface area contributed by atoms with Crippen LogP contribution < -0.4 is 10.6 Å². The van der Waals surface area contributed by atoms with E-state index in [0.717, 1.165) is 21.7 Å². The number of benzene rings is 1. The molecule has 0 aliphatic carbocycles. The van der Waals surface area contributed by atoms with Gasteiger partial charge in [0, 0.05) is 4.88 Å². The third kappa shape index (κ3) is 4.59. The van der Waals surface area contributed by atoms with Crippen molar-refractivity contribution < 1.29 is 4.79 Å². The molecule has 25 heavy (non-hydrogen) atoms. The predicted molar refractivity (Wildman–Crippen MR) is 105 cm³/mol. The molecular formula is C19H18ClN3OS. The van der Waals surface area contributed by atoms with E-state index in [4.69, 9.17) is 11.6 Å². The van der Waals surface area contributed by atoms with Crippen molar-refractivity contribution in [2.75, 3.05) is 10.6 Å². The van der Waals surface area contributed by atoms with E-state index >= 15 is 0 Å². The molecule has 2 N–H and O–H groups in total. The first-order valence-corrected chi connectivity index (χ1v) is 9.09. The van der Waals surface area contributed by atoms with Gasteiger partial charge in [-0.2, -0.15) is 0 Å². The maximum Gasteiger partial charge on any atom is 0.229 e. The molecular weight excluding hydrogens is 354 g/mol. The Kier molecular flexibility index (Phi) is 5.36. The quantitative estimate of drug-likeness (QED) is 0.636. The van der Waals surface area contributed by atoms with Gasteiger partial charge in [-0.1, -0.05) is 23.7 Å². The average Bonchev–Trinajstić information content (AvgIpc) is 3.05. The van der Waals surface area contributed by atoms with Crippen LogP contribution >= 0.6 is 22.9 Å². The van der Waals surface area contributed by atoms with Gasteiger partial charge in [-0.25, -0.2) is 4.98 Å². The van der Waals surface area contributed by atoms with Crippen LogP contribution in [0, 0.1) is 13.8 Å².